The lowest BCUT2D eigenvalue weighted by molar-refractivity contribution is -0.138. The van der Waals surface area contributed by atoms with Crippen LogP contribution in [-0.4, -0.2) is 21.4 Å². The van der Waals surface area contributed by atoms with Crippen molar-refractivity contribution in [2.45, 2.75) is 12.4 Å². The molecule has 0 spiro atoms. The van der Waals surface area contributed by atoms with Crippen LogP contribution in [0, 0.1) is 22.9 Å². The molecule has 196 valence electrons. The van der Waals surface area contributed by atoms with Crippen LogP contribution in [0.4, 0.5) is 26.3 Å². The smallest absolute Gasteiger partial charge is 0.241 e. The Labute approximate surface area is 222 Å². The lowest BCUT2D eigenvalue weighted by Gasteiger charge is -2.23. The van der Waals surface area contributed by atoms with Crippen molar-refractivity contribution in [3.8, 4) is 34.9 Å². The van der Waals surface area contributed by atoms with Gasteiger partial charge in [-0.25, -0.2) is 9.97 Å². The van der Waals surface area contributed by atoms with E-state index >= 15 is 0 Å². The molecule has 1 heterocycles. The Morgan fingerprint density at radius 1 is 0.550 bits per heavy atom. The second-order valence-corrected chi connectivity index (χ2v) is 8.44. The number of benzene rings is 3. The maximum Gasteiger partial charge on any atom is 0.416 e. The first-order chi connectivity index (χ1) is 19.0. The Morgan fingerprint density at radius 2 is 0.950 bits per heavy atom. The monoisotopic (exact) mass is 546 g/mol. The molecule has 1 aromatic heterocycles. The number of hydrogen-bond acceptors (Lipinski definition) is 6. The number of hydrogen-bond donors (Lipinski definition) is 0. The van der Waals surface area contributed by atoms with Gasteiger partial charge in [0.15, 0.2) is 0 Å². The summed E-state index contributed by atoms with van der Waals surface area (Å²) in [4.78, 5) is 16.8. The number of nitriles is 2. The third-order valence-corrected chi connectivity index (χ3v) is 6.03. The molecule has 3 aromatic carbocycles. The third-order valence-electron chi connectivity index (χ3n) is 6.03. The quantitative estimate of drug-likeness (QED) is 0.180. The van der Waals surface area contributed by atoms with Crippen LogP contribution >= 0.6 is 0 Å². The Kier molecular flexibility index (Phi) is 6.40. The highest BCUT2D eigenvalue weighted by atomic mass is 19.4. The van der Waals surface area contributed by atoms with Gasteiger partial charge in [-0.1, -0.05) is 48.5 Å². The van der Waals surface area contributed by atoms with Gasteiger partial charge in [-0.05, 0) is 24.3 Å². The minimum atomic E-state index is -4.72. The average Bonchev–Trinajstić information content (AvgIpc) is 2.93. The number of fused-ring (bicyclic) bond motifs is 2. The number of aromatic nitrogens is 2. The van der Waals surface area contributed by atoms with E-state index in [2.05, 4.69) is 20.0 Å². The number of halogens is 6. The number of aliphatic imine (C=N–C) groups is 2. The molecule has 0 amide bonds. The molecule has 12 heteroatoms. The molecule has 0 unspecified atom stereocenters. The Hall–Kier alpha value is -5.36. The minimum absolute atomic E-state index is 0.0151. The van der Waals surface area contributed by atoms with Crippen LogP contribution in [0.25, 0.3) is 22.5 Å². The van der Waals surface area contributed by atoms with Gasteiger partial charge >= 0.3 is 12.4 Å². The summed E-state index contributed by atoms with van der Waals surface area (Å²) >= 11 is 0. The summed E-state index contributed by atoms with van der Waals surface area (Å²) in [6, 6.07) is 14.6. The van der Waals surface area contributed by atoms with Crippen molar-refractivity contribution in [2.75, 3.05) is 0 Å². The predicted molar refractivity (Wildman–Crippen MR) is 132 cm³/mol. The highest BCUT2D eigenvalue weighted by Gasteiger charge is 2.35. The second-order valence-electron chi connectivity index (χ2n) is 8.44. The highest BCUT2D eigenvalue weighted by Crippen LogP contribution is 2.39. The molecule has 4 aromatic rings. The van der Waals surface area contributed by atoms with Crippen LogP contribution in [0.1, 0.15) is 33.6 Å². The maximum atomic E-state index is 13.6. The van der Waals surface area contributed by atoms with Gasteiger partial charge in [0.25, 0.3) is 0 Å². The van der Waals surface area contributed by atoms with Gasteiger partial charge in [0.2, 0.25) is 12.4 Å². The average molecular weight is 546 g/mol. The molecule has 1 aliphatic carbocycles. The van der Waals surface area contributed by atoms with Crippen LogP contribution in [0.3, 0.4) is 0 Å². The summed E-state index contributed by atoms with van der Waals surface area (Å²) in [5.41, 5.74) is -1.97. The predicted octanol–water partition coefficient (Wildman–Crippen LogP) is 6.80. The van der Waals surface area contributed by atoms with E-state index in [1.165, 1.54) is 12.1 Å². The first-order valence-electron chi connectivity index (χ1n) is 11.3. The standard InChI is InChI=1S/C28H12F6N6/c29-27(30,31)17-7-3-5-15(11-17)21-22(16-6-4-8-18(12-16)28(32,33)34)40-26-24(38-14-36)20-10-2-1-9-19(20)23(37-13-35)25(26)39-21/h1-12H/b37-23-,38-24+. The summed E-state index contributed by atoms with van der Waals surface area (Å²) in [5.74, 6) is 0. The van der Waals surface area contributed by atoms with E-state index in [1.54, 1.807) is 36.7 Å². The molecule has 0 radical (unpaired) electrons. The summed E-state index contributed by atoms with van der Waals surface area (Å²) in [5, 5.41) is 18.8. The van der Waals surface area contributed by atoms with Gasteiger partial charge in [0.05, 0.1) is 22.5 Å². The van der Waals surface area contributed by atoms with Crippen LogP contribution in [0.5, 0.6) is 0 Å². The largest absolute Gasteiger partial charge is 0.416 e. The molecule has 6 nitrogen and oxygen atoms in total. The van der Waals surface area contributed by atoms with Gasteiger partial charge in [-0.2, -0.15) is 46.9 Å². The van der Waals surface area contributed by atoms with Crippen molar-refractivity contribution >= 4 is 11.4 Å². The summed E-state index contributed by atoms with van der Waals surface area (Å²) in [6.45, 7) is 0. The molecule has 1 aliphatic rings. The molecule has 0 saturated carbocycles. The topological polar surface area (TPSA) is 98.1 Å². The van der Waals surface area contributed by atoms with Crippen molar-refractivity contribution in [3.63, 3.8) is 0 Å². The van der Waals surface area contributed by atoms with Crippen LogP contribution in [-0.2, 0) is 12.4 Å². The van der Waals surface area contributed by atoms with Crippen LogP contribution in [0.15, 0.2) is 82.8 Å². The van der Waals surface area contributed by atoms with Gasteiger partial charge in [0, 0.05) is 22.3 Å². The lowest BCUT2D eigenvalue weighted by Crippen LogP contribution is -2.26. The van der Waals surface area contributed by atoms with Crippen LogP contribution in [0.2, 0.25) is 0 Å². The minimum Gasteiger partial charge on any atom is -0.241 e. The van der Waals surface area contributed by atoms with E-state index in [4.69, 9.17) is 0 Å². The van der Waals surface area contributed by atoms with Gasteiger partial charge < -0.3 is 0 Å². The molecule has 5 rings (SSSR count). The fraction of sp³-hybridized carbons (Fsp3) is 0.0714. The molecule has 40 heavy (non-hydrogen) atoms. The SMILES string of the molecule is N#C/N=C1/c2ccccc2/C(=N\C#N)c2nc(-c3cccc(C(F)(F)F)c3)c(-c3cccc(C(F)(F)F)c3)nc21. The zero-order valence-corrected chi connectivity index (χ0v) is 19.9. The number of alkyl halides is 6. The van der Waals surface area contributed by atoms with Crippen molar-refractivity contribution in [1.29, 1.82) is 10.5 Å². The molecule has 0 N–H and O–H groups in total. The maximum absolute atomic E-state index is 13.6. The molecule has 0 aliphatic heterocycles. The second kappa shape index (κ2) is 9.75. The van der Waals surface area contributed by atoms with E-state index < -0.39 is 23.5 Å². The van der Waals surface area contributed by atoms with Gasteiger partial charge in [-0.3, -0.25) is 0 Å². The molecule has 0 fully saturated rings. The Morgan fingerprint density at radius 3 is 1.30 bits per heavy atom. The Balaban J connectivity index is 1.89. The van der Waals surface area contributed by atoms with Crippen molar-refractivity contribution in [1.82, 2.24) is 9.97 Å². The summed E-state index contributed by atoms with van der Waals surface area (Å²) in [6.07, 6.45) is -6.10. The van der Waals surface area contributed by atoms with Crippen molar-refractivity contribution in [3.05, 3.63) is 106 Å². The van der Waals surface area contributed by atoms with Gasteiger partial charge in [0.1, 0.15) is 22.8 Å². The number of nitrogens with zero attached hydrogens (tertiary/aromatic N) is 6. The van der Waals surface area contributed by atoms with E-state index in [0.29, 0.717) is 11.1 Å². The van der Waals surface area contributed by atoms with Crippen molar-refractivity contribution in [2.24, 2.45) is 9.98 Å². The molecule has 0 bridgehead atoms. The van der Waals surface area contributed by atoms with E-state index in [-0.39, 0.29) is 45.3 Å². The molecule has 0 saturated heterocycles. The van der Waals surface area contributed by atoms with Crippen LogP contribution < -0.4 is 0 Å². The fourth-order valence-corrected chi connectivity index (χ4v) is 4.33. The number of rotatable bonds is 2. The lowest BCUT2D eigenvalue weighted by atomic mass is 9.87. The van der Waals surface area contributed by atoms with Gasteiger partial charge in [-0.15, -0.1) is 0 Å². The Bertz CT molecular complexity index is 1670. The fourth-order valence-electron chi connectivity index (χ4n) is 4.33. The van der Waals surface area contributed by atoms with E-state index in [0.717, 1.165) is 36.4 Å². The highest BCUT2D eigenvalue weighted by molar-refractivity contribution is 6.30. The molecular formula is C28H12F6N6. The molecular weight excluding hydrogens is 534 g/mol. The zero-order chi connectivity index (χ0) is 28.7. The molecule has 0 atom stereocenters. The summed E-state index contributed by atoms with van der Waals surface area (Å²) < 4.78 is 81.4. The first-order valence-corrected chi connectivity index (χ1v) is 11.3. The zero-order valence-electron chi connectivity index (χ0n) is 19.9. The normalized spacial score (nSPS) is 14.8. The summed E-state index contributed by atoms with van der Waals surface area (Å²) in [7, 11) is 0. The van der Waals surface area contributed by atoms with E-state index in [9.17, 15) is 36.9 Å². The third kappa shape index (κ3) is 4.67. The first kappa shape index (κ1) is 26.3. The van der Waals surface area contributed by atoms with E-state index in [1.807, 2.05) is 0 Å². The van der Waals surface area contributed by atoms with Crippen molar-refractivity contribution < 1.29 is 26.3 Å².